The molecule has 4 saturated heterocycles. The normalized spacial score (nSPS) is 25.4. The first-order chi connectivity index (χ1) is 56.6. The molecule has 0 aromatic rings. The van der Waals surface area contributed by atoms with E-state index in [1.165, 1.54) is 20.8 Å². The summed E-state index contributed by atoms with van der Waals surface area (Å²) >= 11 is 0. The molecule has 0 aliphatic carbocycles. The molecule has 4 rings (SSSR count). The minimum atomic E-state index is -1.46. The van der Waals surface area contributed by atoms with Crippen LogP contribution >= 0.6 is 0 Å². The van der Waals surface area contributed by atoms with Crippen LogP contribution in [0.25, 0.3) is 0 Å². The Balaban J connectivity index is 1.29. The molecular weight excluding hydrogens is 1560 g/mol. The number of ether oxygens (including phenoxy) is 10. The predicted octanol–water partition coefficient (Wildman–Crippen LogP) is -6.29. The van der Waals surface area contributed by atoms with Crippen molar-refractivity contribution in [2.45, 2.75) is 285 Å². The molecule has 0 aromatic heterocycles. The number of aliphatic hydroxyl groups is 10. The molecule has 42 nitrogen and oxygen atoms in total. The Kier molecular flexibility index (Phi) is 52.7. The largest absolute Gasteiger partial charge is 0.394 e. The van der Waals surface area contributed by atoms with Gasteiger partial charge in [0.05, 0.1) is 72.2 Å². The summed E-state index contributed by atoms with van der Waals surface area (Å²) in [6.07, 6.45) is -7.57. The maximum atomic E-state index is 14.0. The molecule has 0 aromatic carbocycles. The first kappa shape index (κ1) is 104. The van der Waals surface area contributed by atoms with Gasteiger partial charge >= 0.3 is 0 Å². The predicted molar refractivity (Wildman–Crippen MR) is 415 cm³/mol. The van der Waals surface area contributed by atoms with Gasteiger partial charge in [-0.2, -0.15) is 0 Å². The lowest BCUT2D eigenvalue weighted by Crippen LogP contribution is -2.64. The number of nitrogens with one attached hydrogen (secondary N) is 11. The van der Waals surface area contributed by atoms with E-state index < -0.39 is 147 Å². The second-order valence-electron chi connectivity index (χ2n) is 29.9. The van der Waals surface area contributed by atoms with Gasteiger partial charge in [0.25, 0.3) is 0 Å². The minimum Gasteiger partial charge on any atom is -0.394 e. The van der Waals surface area contributed by atoms with Crippen molar-refractivity contribution < 1.29 is 151 Å². The van der Waals surface area contributed by atoms with Crippen molar-refractivity contribution in [2.24, 2.45) is 0 Å². The molecule has 118 heavy (non-hydrogen) atoms. The van der Waals surface area contributed by atoms with Crippen LogP contribution in [0, 0.1) is 0 Å². The van der Waals surface area contributed by atoms with Gasteiger partial charge in [-0.3, -0.25) is 52.7 Å². The minimum absolute atomic E-state index is 0.0733. The van der Waals surface area contributed by atoms with Crippen LogP contribution in [-0.4, -0.2) is 357 Å². The molecular formula is C76H135N11O31. The summed E-state index contributed by atoms with van der Waals surface area (Å²) in [5.74, 6) is -4.01. The van der Waals surface area contributed by atoms with E-state index in [0.717, 1.165) is 38.5 Å². The Morgan fingerprint density at radius 2 is 0.627 bits per heavy atom. The molecule has 15 unspecified atom stereocenters. The van der Waals surface area contributed by atoms with Crippen molar-refractivity contribution >= 4 is 65.0 Å². The summed E-state index contributed by atoms with van der Waals surface area (Å²) in [6, 6.07) is -3.30. The zero-order valence-corrected chi connectivity index (χ0v) is 68.5. The third-order valence-electron chi connectivity index (χ3n) is 19.6. The SMILES string of the molecule is CC(=O)NC1C(OCCCCC(=O)NCCCNC(=O)CCOCC(COCCC(=O)NCCCNC(=O)CCCCOC2OC(CO)C(O)C(O)C2NC(C)=O)(COCCC(=O)NCCCNC(=O)CCCCOC2OC(CO)C(O)C(O)C2NC(C)=O)NC(=O)CCCCCCCCCNC(=O)[C@H]2C[C@@H](O)CO2)OC(CO)C(O)C1O. The van der Waals surface area contributed by atoms with E-state index in [4.69, 9.17) is 47.4 Å². The zero-order valence-electron chi connectivity index (χ0n) is 68.5. The molecule has 0 radical (unpaired) electrons. The summed E-state index contributed by atoms with van der Waals surface area (Å²) in [5, 5.41) is 131. The number of amides is 11. The topological polar surface area (TPSA) is 615 Å². The van der Waals surface area contributed by atoms with Crippen molar-refractivity contribution in [1.29, 1.82) is 0 Å². The highest BCUT2D eigenvalue weighted by Gasteiger charge is 2.48. The Morgan fingerprint density at radius 3 is 0.932 bits per heavy atom. The summed E-state index contributed by atoms with van der Waals surface area (Å²) in [4.78, 5) is 139. The highest BCUT2D eigenvalue weighted by Crippen LogP contribution is 2.26. The summed E-state index contributed by atoms with van der Waals surface area (Å²) in [7, 11) is 0. The average molecular weight is 1700 g/mol. The van der Waals surface area contributed by atoms with E-state index in [9.17, 15) is 104 Å². The van der Waals surface area contributed by atoms with Crippen molar-refractivity contribution in [2.75, 3.05) is 132 Å². The van der Waals surface area contributed by atoms with Gasteiger partial charge < -0.3 is 157 Å². The van der Waals surface area contributed by atoms with Crippen molar-refractivity contribution in [3.63, 3.8) is 0 Å². The Hall–Kier alpha value is -6.63. The molecule has 4 aliphatic rings. The average Bonchev–Trinajstić information content (AvgIpc) is 0.944. The van der Waals surface area contributed by atoms with Gasteiger partial charge in [-0.15, -0.1) is 0 Å². The molecule has 4 aliphatic heterocycles. The van der Waals surface area contributed by atoms with Gasteiger partial charge in [-0.1, -0.05) is 32.1 Å². The van der Waals surface area contributed by atoms with Crippen LogP contribution in [0.4, 0.5) is 0 Å². The molecule has 11 amide bonds. The maximum Gasteiger partial charge on any atom is 0.249 e. The molecule has 4 heterocycles. The molecule has 21 N–H and O–H groups in total. The molecule has 0 bridgehead atoms. The smallest absolute Gasteiger partial charge is 0.249 e. The quantitative estimate of drug-likeness (QED) is 0.0252. The highest BCUT2D eigenvalue weighted by molar-refractivity contribution is 5.81. The Morgan fingerprint density at radius 1 is 0.339 bits per heavy atom. The monoisotopic (exact) mass is 1700 g/mol. The van der Waals surface area contributed by atoms with Crippen molar-refractivity contribution in [1.82, 2.24) is 58.5 Å². The van der Waals surface area contributed by atoms with Gasteiger partial charge in [0, 0.05) is 138 Å². The van der Waals surface area contributed by atoms with Gasteiger partial charge in [0.1, 0.15) is 84.7 Å². The van der Waals surface area contributed by atoms with Gasteiger partial charge in [0.15, 0.2) is 18.9 Å². The van der Waals surface area contributed by atoms with E-state index >= 15 is 0 Å². The second-order valence-corrected chi connectivity index (χ2v) is 29.9. The second kappa shape index (κ2) is 60.0. The van der Waals surface area contributed by atoms with Crippen LogP contribution in [-0.2, 0) is 100 Å². The van der Waals surface area contributed by atoms with Crippen LogP contribution in [0.2, 0.25) is 0 Å². The number of carbonyl (C=O) groups excluding carboxylic acids is 11. The highest BCUT2D eigenvalue weighted by atomic mass is 16.7. The Bertz CT molecular complexity index is 2690. The molecule has 4 fully saturated rings. The molecule has 680 valence electrons. The third kappa shape index (κ3) is 42.2. The maximum absolute atomic E-state index is 14.0. The van der Waals surface area contributed by atoms with E-state index in [1.807, 2.05) is 0 Å². The number of hydrogen-bond donors (Lipinski definition) is 21. The first-order valence-electron chi connectivity index (χ1n) is 41.4. The van der Waals surface area contributed by atoms with E-state index in [2.05, 4.69) is 58.5 Å². The molecule has 0 spiro atoms. The van der Waals surface area contributed by atoms with E-state index in [1.54, 1.807) is 0 Å². The van der Waals surface area contributed by atoms with Crippen LogP contribution in [0.15, 0.2) is 0 Å². The van der Waals surface area contributed by atoms with Gasteiger partial charge in [-0.05, 0) is 70.6 Å². The standard InChI is InChI=1S/C76H135N11O31/c1-48(91)84-63-69(105)66(102)53(41-88)116-73(63)112-34-14-10-20-56(95)77-28-17-31-80-59(98)24-37-109-45-76(87-62(101)23-9-7-5-4-6-8-13-27-83-72(108)52-40-51(94)44-115-52,46-110-38-25-60(99)81-32-18-29-78-57(96)21-11-15-35-113-74-64(85-49(2)92)70(106)67(103)54(42-89)117-74)47-111-39-26-61(100)82-33-19-30-79-58(97)22-12-16-36-114-75-65(86-50(3)93)71(107)68(104)55(43-90)118-75/h51-55,63-71,73-75,88-90,94,102-107H,4-47H2,1-3H3,(H,77,95)(H,78,96)(H,79,97)(H,80,98)(H,81,99)(H,82,100)(H,83,108)(H,84,91)(H,85,92)(H,86,93)(H,87,101)/t51-,52-,53?,54?,55?,63?,64?,65?,66?,67?,68?,69?,70?,71?,73?,74?,75?,76?/m1/s1. The Labute approximate surface area is 688 Å². The lowest BCUT2D eigenvalue weighted by molar-refractivity contribution is -0.270. The fourth-order valence-corrected chi connectivity index (χ4v) is 13.1. The number of rotatable bonds is 63. The molecule has 42 heteroatoms. The molecule has 17 atom stereocenters. The van der Waals surface area contributed by atoms with Crippen molar-refractivity contribution in [3.05, 3.63) is 0 Å². The van der Waals surface area contributed by atoms with Gasteiger partial charge in [-0.25, -0.2) is 0 Å². The number of unbranched alkanes of at least 4 members (excludes halogenated alkanes) is 9. The summed E-state index contributed by atoms with van der Waals surface area (Å²) < 4.78 is 57.5. The van der Waals surface area contributed by atoms with E-state index in [-0.39, 0.29) is 204 Å². The van der Waals surface area contributed by atoms with Crippen LogP contribution in [0.1, 0.15) is 175 Å². The lowest BCUT2D eigenvalue weighted by atomic mass is 9.97. The van der Waals surface area contributed by atoms with Crippen LogP contribution in [0.3, 0.4) is 0 Å². The lowest BCUT2D eigenvalue weighted by Gasteiger charge is -2.42. The fraction of sp³-hybridized carbons (Fsp3) is 0.855. The van der Waals surface area contributed by atoms with Crippen molar-refractivity contribution in [3.8, 4) is 0 Å². The van der Waals surface area contributed by atoms with Gasteiger partial charge in [0.2, 0.25) is 65.0 Å². The number of aliphatic hydroxyl groups excluding tert-OH is 10. The zero-order chi connectivity index (χ0) is 86.6. The fourth-order valence-electron chi connectivity index (χ4n) is 13.1. The first-order valence-corrected chi connectivity index (χ1v) is 41.4. The third-order valence-corrected chi connectivity index (χ3v) is 19.6. The molecule has 0 saturated carbocycles. The number of hydrogen-bond acceptors (Lipinski definition) is 31. The van der Waals surface area contributed by atoms with Crippen LogP contribution < -0.4 is 58.5 Å². The summed E-state index contributed by atoms with van der Waals surface area (Å²) in [6.45, 7) is 2.88. The number of carbonyl (C=O) groups is 11. The van der Waals surface area contributed by atoms with E-state index in [0.29, 0.717) is 70.8 Å². The van der Waals surface area contributed by atoms with Crippen LogP contribution in [0.5, 0.6) is 0 Å². The summed E-state index contributed by atoms with van der Waals surface area (Å²) in [5.41, 5.74) is -1.43.